The van der Waals surface area contributed by atoms with Crippen LogP contribution in [0.15, 0.2) is 124 Å². The van der Waals surface area contributed by atoms with Crippen LogP contribution in [0.25, 0.3) is 0 Å². The number of hydrogen-bond donors (Lipinski definition) is 0. The number of rotatable bonds is 6. The molecule has 1 aliphatic rings. The molecule has 0 radical (unpaired) electrons. The Bertz CT molecular complexity index is 1720. The Kier molecular flexibility index (Phi) is 7.00. The third-order valence-electron chi connectivity index (χ3n) is 6.99. The van der Waals surface area contributed by atoms with Gasteiger partial charge in [0, 0.05) is 35.0 Å². The summed E-state index contributed by atoms with van der Waals surface area (Å²) in [5.41, 5.74) is 3.35. The van der Waals surface area contributed by atoms with Gasteiger partial charge in [-0.15, -0.1) is 4.15 Å². The van der Waals surface area contributed by atoms with Crippen molar-refractivity contribution in [1.29, 1.82) is 0 Å². The van der Waals surface area contributed by atoms with Gasteiger partial charge in [-0.2, -0.15) is 8.42 Å². The highest BCUT2D eigenvalue weighted by molar-refractivity contribution is 7.95. The zero-order valence-electron chi connectivity index (χ0n) is 22.2. The molecule has 0 aromatic heterocycles. The van der Waals surface area contributed by atoms with Crippen LogP contribution in [0.1, 0.15) is 25.0 Å². The highest BCUT2D eigenvalue weighted by Gasteiger charge is 2.41. The van der Waals surface area contributed by atoms with E-state index in [1.165, 1.54) is 24.3 Å². The van der Waals surface area contributed by atoms with Crippen molar-refractivity contribution in [3.05, 3.63) is 132 Å². The molecular formula is C31H30FN2O3PS. The molecular weight excluding hydrogens is 530 g/mol. The van der Waals surface area contributed by atoms with Crippen LogP contribution in [0.5, 0.6) is 5.75 Å². The van der Waals surface area contributed by atoms with E-state index >= 15 is 4.39 Å². The predicted molar refractivity (Wildman–Crippen MR) is 157 cm³/mol. The molecule has 0 N–H and O–H groups in total. The SMILES string of the molecule is Cc1ccc(S(=O)(=O)N=P(/C=C2\N(C)c3ccccc3C2(C)C)(Oc2ccccc2F)c2ccccc2)cc1. The summed E-state index contributed by atoms with van der Waals surface area (Å²) in [6, 6.07) is 29.6. The van der Waals surface area contributed by atoms with E-state index in [-0.39, 0.29) is 10.6 Å². The Balaban J connectivity index is 1.85. The standard InChI is InChI=1S/C31H30FN2O3PS/c1-23-18-20-25(21-19-23)39(35,36)33-38(24-12-6-5-7-13-24,37-29-17-11-9-15-27(29)32)22-30-31(2,3)26-14-8-10-16-28(26)34(30)4/h5-22H,1-4H3/b30-22-. The fourth-order valence-electron chi connectivity index (χ4n) is 4.86. The quantitative estimate of drug-likeness (QED) is 0.228. The molecule has 1 atom stereocenters. The van der Waals surface area contributed by atoms with Crippen LogP contribution < -0.4 is 14.7 Å². The lowest BCUT2D eigenvalue weighted by Gasteiger charge is -2.29. The van der Waals surface area contributed by atoms with E-state index in [2.05, 4.69) is 24.1 Å². The van der Waals surface area contributed by atoms with Gasteiger partial charge < -0.3 is 9.42 Å². The minimum absolute atomic E-state index is 0.0475. The molecule has 0 aliphatic carbocycles. The first-order valence-electron chi connectivity index (χ1n) is 12.5. The van der Waals surface area contributed by atoms with E-state index < -0.39 is 28.5 Å². The predicted octanol–water partition coefficient (Wildman–Crippen LogP) is 7.61. The van der Waals surface area contributed by atoms with E-state index in [1.54, 1.807) is 48.5 Å². The minimum atomic E-state index is -4.22. The first kappa shape index (κ1) is 26.9. The van der Waals surface area contributed by atoms with Crippen molar-refractivity contribution in [3.63, 3.8) is 0 Å². The molecule has 0 saturated heterocycles. The maximum absolute atomic E-state index is 15.1. The first-order chi connectivity index (χ1) is 18.5. The summed E-state index contributed by atoms with van der Waals surface area (Å²) in [7, 11) is -5.87. The Hall–Kier alpha value is -3.67. The van der Waals surface area contributed by atoms with Gasteiger partial charge in [0.15, 0.2) is 11.6 Å². The van der Waals surface area contributed by atoms with Crippen LogP contribution in [-0.4, -0.2) is 15.5 Å². The average molecular weight is 561 g/mol. The van der Waals surface area contributed by atoms with Gasteiger partial charge in [-0.3, -0.25) is 0 Å². The number of hydrogen-bond acceptors (Lipinski definition) is 4. The molecule has 4 aromatic rings. The van der Waals surface area contributed by atoms with Gasteiger partial charge in [0.25, 0.3) is 10.0 Å². The minimum Gasteiger partial charge on any atom is -0.448 e. The van der Waals surface area contributed by atoms with Crippen LogP contribution >= 0.6 is 7.28 Å². The van der Waals surface area contributed by atoms with Crippen LogP contribution in [-0.2, 0) is 15.4 Å². The summed E-state index contributed by atoms with van der Waals surface area (Å²) < 4.78 is 53.9. The highest BCUT2D eigenvalue weighted by atomic mass is 32.2. The number of nitrogens with zero attached hydrogens (tertiary/aromatic N) is 2. The molecule has 0 spiro atoms. The van der Waals surface area contributed by atoms with Crippen molar-refractivity contribution in [2.24, 2.45) is 4.15 Å². The number of fused-ring (bicyclic) bond motifs is 1. The lowest BCUT2D eigenvalue weighted by Crippen LogP contribution is -2.24. The molecule has 39 heavy (non-hydrogen) atoms. The number of benzene rings is 4. The summed E-state index contributed by atoms with van der Waals surface area (Å²) in [6.07, 6.45) is 0. The largest absolute Gasteiger partial charge is 0.448 e. The van der Waals surface area contributed by atoms with E-state index in [0.29, 0.717) is 5.30 Å². The Morgan fingerprint density at radius 2 is 1.49 bits per heavy atom. The third-order valence-corrected chi connectivity index (χ3v) is 11.8. The number of likely N-dealkylation sites (N-methyl/N-ethyl adjacent to an activating group) is 1. The van der Waals surface area contributed by atoms with Crippen molar-refractivity contribution >= 4 is 28.3 Å². The summed E-state index contributed by atoms with van der Waals surface area (Å²) in [4.78, 5) is 2.08. The normalized spacial score (nSPS) is 16.9. The Morgan fingerprint density at radius 3 is 2.15 bits per heavy atom. The van der Waals surface area contributed by atoms with Gasteiger partial charge in [-0.1, -0.05) is 80.1 Å². The van der Waals surface area contributed by atoms with Crippen molar-refractivity contribution in [2.45, 2.75) is 31.1 Å². The van der Waals surface area contributed by atoms with E-state index in [4.69, 9.17) is 4.52 Å². The lowest BCUT2D eigenvalue weighted by molar-refractivity contribution is 0.529. The molecule has 1 heterocycles. The van der Waals surface area contributed by atoms with Crippen molar-refractivity contribution in [1.82, 2.24) is 0 Å². The molecule has 4 aromatic carbocycles. The number of aryl methyl sites for hydroxylation is 1. The monoisotopic (exact) mass is 560 g/mol. The van der Waals surface area contributed by atoms with Crippen molar-refractivity contribution in [3.8, 4) is 5.75 Å². The second kappa shape index (κ2) is 10.1. The third kappa shape index (κ3) is 5.05. The number of para-hydroxylation sites is 2. The van der Waals surface area contributed by atoms with E-state index in [9.17, 15) is 8.42 Å². The molecule has 200 valence electrons. The molecule has 5 rings (SSSR count). The molecule has 0 fully saturated rings. The van der Waals surface area contributed by atoms with Crippen LogP contribution in [0, 0.1) is 12.7 Å². The van der Waals surface area contributed by atoms with Crippen LogP contribution in [0.2, 0.25) is 0 Å². The molecule has 5 nitrogen and oxygen atoms in total. The zero-order chi connectivity index (χ0) is 27.8. The molecule has 1 unspecified atom stereocenters. The van der Waals surface area contributed by atoms with Gasteiger partial charge in [0.05, 0.1) is 4.90 Å². The maximum atomic E-state index is 15.1. The molecule has 0 amide bonds. The second-order valence-electron chi connectivity index (χ2n) is 10.1. The smallest absolute Gasteiger partial charge is 0.284 e. The van der Waals surface area contributed by atoms with Crippen LogP contribution in [0.4, 0.5) is 10.1 Å². The fraction of sp³-hybridized carbons (Fsp3) is 0.161. The summed E-state index contributed by atoms with van der Waals surface area (Å²) in [6.45, 7) is 6.05. The average Bonchev–Trinajstić information content (AvgIpc) is 3.11. The van der Waals surface area contributed by atoms with Gasteiger partial charge in [0.2, 0.25) is 7.28 Å². The fourth-order valence-corrected chi connectivity index (χ4v) is 9.88. The van der Waals surface area contributed by atoms with Crippen molar-refractivity contribution < 1.29 is 17.3 Å². The Morgan fingerprint density at radius 1 is 0.872 bits per heavy atom. The van der Waals surface area contributed by atoms with Gasteiger partial charge in [-0.25, -0.2) is 4.39 Å². The summed E-state index contributed by atoms with van der Waals surface area (Å²) >= 11 is 0. The van der Waals surface area contributed by atoms with Crippen molar-refractivity contribution in [2.75, 3.05) is 11.9 Å². The maximum Gasteiger partial charge on any atom is 0.284 e. The number of sulfonamides is 1. The van der Waals surface area contributed by atoms with E-state index in [0.717, 1.165) is 22.5 Å². The highest BCUT2D eigenvalue weighted by Crippen LogP contribution is 2.58. The second-order valence-corrected chi connectivity index (χ2v) is 14.3. The van der Waals surface area contributed by atoms with Gasteiger partial charge >= 0.3 is 0 Å². The molecule has 1 aliphatic heterocycles. The first-order valence-corrected chi connectivity index (χ1v) is 15.7. The molecule has 0 saturated carbocycles. The number of allylic oxidation sites excluding steroid dienone is 1. The van der Waals surface area contributed by atoms with E-state index in [1.807, 2.05) is 49.0 Å². The molecule has 8 heteroatoms. The Labute approximate surface area is 229 Å². The summed E-state index contributed by atoms with van der Waals surface area (Å²) in [5.74, 6) is 1.16. The summed E-state index contributed by atoms with van der Waals surface area (Å²) in [5, 5.41) is 0.552. The van der Waals surface area contributed by atoms with Gasteiger partial charge in [0.1, 0.15) is 0 Å². The van der Waals surface area contributed by atoms with Crippen LogP contribution in [0.3, 0.4) is 0 Å². The lowest BCUT2D eigenvalue weighted by atomic mass is 9.84. The molecule has 0 bridgehead atoms. The number of anilines is 1. The topological polar surface area (TPSA) is 59.0 Å². The zero-order valence-corrected chi connectivity index (χ0v) is 24.0. The van der Waals surface area contributed by atoms with Gasteiger partial charge in [-0.05, 0) is 55.0 Å². The number of halogens is 1.